The molecule has 0 amide bonds. The number of halogens is 1. The number of ether oxygens (including phenoxy) is 1. The third-order valence-corrected chi connectivity index (χ3v) is 1.73. The van der Waals surface area contributed by atoms with Crippen molar-refractivity contribution in [3.8, 4) is 5.75 Å². The zero-order valence-electron chi connectivity index (χ0n) is 7.44. The van der Waals surface area contributed by atoms with Gasteiger partial charge < -0.3 is 9.84 Å². The summed E-state index contributed by atoms with van der Waals surface area (Å²) in [5, 5.41) is 9.31. The van der Waals surface area contributed by atoms with Gasteiger partial charge in [-0.15, -0.1) is 0 Å². The average molecular weight is 200 g/mol. The minimum absolute atomic E-state index is 0.164. The number of aliphatic hydroxyl groups excluding tert-OH is 1. The highest BCUT2D eigenvalue weighted by Crippen LogP contribution is 2.25. The Kier molecular flexibility index (Phi) is 3.41. The van der Waals surface area contributed by atoms with Crippen LogP contribution in [0.15, 0.2) is 24.3 Å². The van der Waals surface area contributed by atoms with Crippen molar-refractivity contribution in [2.24, 2.45) is 0 Å². The SMILES string of the molecule is COc1ccccc1C(O)C(=O)OF. The summed E-state index contributed by atoms with van der Waals surface area (Å²) in [6.45, 7) is 0. The number of aliphatic hydroxyl groups is 1. The Labute approximate surface area is 79.8 Å². The van der Waals surface area contributed by atoms with Gasteiger partial charge in [-0.3, -0.25) is 4.94 Å². The lowest BCUT2D eigenvalue weighted by atomic mass is 10.1. The largest absolute Gasteiger partial charge is 0.496 e. The number of carbonyl (C=O) groups excluding carboxylic acids is 1. The Morgan fingerprint density at radius 3 is 2.71 bits per heavy atom. The van der Waals surface area contributed by atoms with E-state index in [1.54, 1.807) is 18.2 Å². The van der Waals surface area contributed by atoms with Gasteiger partial charge in [-0.25, -0.2) is 4.79 Å². The number of rotatable bonds is 3. The zero-order chi connectivity index (χ0) is 10.6. The Morgan fingerprint density at radius 2 is 2.14 bits per heavy atom. The second-order valence-electron chi connectivity index (χ2n) is 2.54. The van der Waals surface area contributed by atoms with Crippen LogP contribution >= 0.6 is 0 Å². The van der Waals surface area contributed by atoms with E-state index >= 15 is 0 Å². The molecule has 0 heterocycles. The van der Waals surface area contributed by atoms with Crippen LogP contribution in [0.5, 0.6) is 5.75 Å². The molecule has 5 heteroatoms. The van der Waals surface area contributed by atoms with E-state index in [-0.39, 0.29) is 5.56 Å². The second-order valence-corrected chi connectivity index (χ2v) is 2.54. The molecule has 0 bridgehead atoms. The van der Waals surface area contributed by atoms with Crippen LogP contribution in [-0.2, 0) is 9.74 Å². The molecule has 0 saturated carbocycles. The molecule has 0 aliphatic carbocycles. The maximum Gasteiger partial charge on any atom is 0.381 e. The highest BCUT2D eigenvalue weighted by atomic mass is 19.3. The van der Waals surface area contributed by atoms with Gasteiger partial charge in [-0.1, -0.05) is 18.2 Å². The van der Waals surface area contributed by atoms with Crippen LogP contribution in [0.2, 0.25) is 0 Å². The molecule has 0 saturated heterocycles. The lowest BCUT2D eigenvalue weighted by Crippen LogP contribution is -2.12. The number of para-hydroxylation sites is 1. The first-order chi connectivity index (χ1) is 6.70. The Balaban J connectivity index is 2.99. The molecule has 0 radical (unpaired) electrons. The highest BCUT2D eigenvalue weighted by Gasteiger charge is 2.22. The molecule has 0 aromatic heterocycles. The van der Waals surface area contributed by atoms with E-state index in [1.165, 1.54) is 13.2 Å². The molecule has 0 spiro atoms. The molecule has 0 aliphatic rings. The molecule has 14 heavy (non-hydrogen) atoms. The van der Waals surface area contributed by atoms with Crippen molar-refractivity contribution in [2.45, 2.75) is 6.10 Å². The Hall–Kier alpha value is -1.62. The molecule has 0 fully saturated rings. The normalized spacial score (nSPS) is 11.9. The maximum atomic E-state index is 11.5. The van der Waals surface area contributed by atoms with E-state index in [1.807, 2.05) is 0 Å². The molecular formula is C9H9FO4. The summed E-state index contributed by atoms with van der Waals surface area (Å²) in [6, 6.07) is 6.24. The zero-order valence-corrected chi connectivity index (χ0v) is 7.44. The molecule has 1 unspecified atom stereocenters. The number of methoxy groups -OCH3 is 1. The molecule has 1 aromatic carbocycles. The molecule has 1 aromatic rings. The van der Waals surface area contributed by atoms with Crippen molar-refractivity contribution in [2.75, 3.05) is 7.11 Å². The van der Waals surface area contributed by atoms with E-state index in [4.69, 9.17) is 4.74 Å². The van der Waals surface area contributed by atoms with Crippen molar-refractivity contribution in [3.63, 3.8) is 0 Å². The molecule has 0 aliphatic heterocycles. The third kappa shape index (κ3) is 2.00. The van der Waals surface area contributed by atoms with Gasteiger partial charge in [-0.05, 0) is 6.07 Å². The van der Waals surface area contributed by atoms with Gasteiger partial charge in [-0.2, -0.15) is 0 Å². The highest BCUT2D eigenvalue weighted by molar-refractivity contribution is 5.76. The summed E-state index contributed by atoms with van der Waals surface area (Å²) in [6.07, 6.45) is -1.67. The van der Waals surface area contributed by atoms with Crippen LogP contribution in [0.3, 0.4) is 0 Å². The second kappa shape index (κ2) is 4.57. The van der Waals surface area contributed by atoms with E-state index in [9.17, 15) is 14.4 Å². The van der Waals surface area contributed by atoms with Crippen LogP contribution in [-0.4, -0.2) is 18.2 Å². The van der Waals surface area contributed by atoms with Gasteiger partial charge in [0.15, 0.2) is 6.10 Å². The first-order valence-corrected chi connectivity index (χ1v) is 3.84. The van der Waals surface area contributed by atoms with Gasteiger partial charge in [0, 0.05) is 10.1 Å². The van der Waals surface area contributed by atoms with Gasteiger partial charge in [0.25, 0.3) is 0 Å². The predicted molar refractivity (Wildman–Crippen MR) is 45.2 cm³/mol. The van der Waals surface area contributed by atoms with Crippen molar-refractivity contribution in [1.29, 1.82) is 0 Å². The maximum absolute atomic E-state index is 11.5. The van der Waals surface area contributed by atoms with Crippen molar-refractivity contribution >= 4 is 5.97 Å². The summed E-state index contributed by atoms with van der Waals surface area (Å²) in [5.74, 6) is -1.07. The van der Waals surface area contributed by atoms with E-state index in [0.29, 0.717) is 5.75 Å². The average Bonchev–Trinajstić information content (AvgIpc) is 2.26. The van der Waals surface area contributed by atoms with Gasteiger partial charge in [0.05, 0.1) is 7.11 Å². The first kappa shape index (κ1) is 10.5. The summed E-state index contributed by atoms with van der Waals surface area (Å²) in [7, 11) is 1.38. The molecule has 76 valence electrons. The van der Waals surface area contributed by atoms with Crippen LogP contribution in [0, 0.1) is 0 Å². The van der Waals surface area contributed by atoms with Crippen molar-refractivity contribution in [1.82, 2.24) is 0 Å². The Morgan fingerprint density at radius 1 is 1.50 bits per heavy atom. The quantitative estimate of drug-likeness (QED) is 0.795. The van der Waals surface area contributed by atoms with Crippen LogP contribution in [0.25, 0.3) is 0 Å². The standard InChI is InChI=1S/C9H9FO4/c1-13-7-5-3-2-4-6(7)8(11)9(12)14-10/h2-5,8,11H,1H3. The topological polar surface area (TPSA) is 55.8 Å². The van der Waals surface area contributed by atoms with Crippen LogP contribution in [0.1, 0.15) is 11.7 Å². The summed E-state index contributed by atoms with van der Waals surface area (Å²) in [4.78, 5) is 13.6. The Bertz CT molecular complexity index is 326. The lowest BCUT2D eigenvalue weighted by Gasteiger charge is -2.10. The molecule has 4 nitrogen and oxygen atoms in total. The van der Waals surface area contributed by atoms with Crippen LogP contribution in [0.4, 0.5) is 4.53 Å². The fraction of sp³-hybridized carbons (Fsp3) is 0.222. The van der Waals surface area contributed by atoms with Crippen LogP contribution < -0.4 is 4.74 Å². The van der Waals surface area contributed by atoms with Gasteiger partial charge in [0.2, 0.25) is 0 Å². The van der Waals surface area contributed by atoms with E-state index in [2.05, 4.69) is 4.94 Å². The first-order valence-electron chi connectivity index (χ1n) is 3.84. The van der Waals surface area contributed by atoms with E-state index < -0.39 is 12.1 Å². The predicted octanol–water partition coefficient (Wildman–Crippen LogP) is 1.16. The molecular weight excluding hydrogens is 191 g/mol. The van der Waals surface area contributed by atoms with E-state index in [0.717, 1.165) is 0 Å². The lowest BCUT2D eigenvalue weighted by molar-refractivity contribution is -0.194. The smallest absolute Gasteiger partial charge is 0.381 e. The van der Waals surface area contributed by atoms with Gasteiger partial charge in [0.1, 0.15) is 5.75 Å². The number of benzene rings is 1. The number of hydrogen-bond donors (Lipinski definition) is 1. The molecule has 1 N–H and O–H groups in total. The minimum Gasteiger partial charge on any atom is -0.496 e. The third-order valence-electron chi connectivity index (χ3n) is 1.73. The fourth-order valence-electron chi connectivity index (χ4n) is 1.06. The van der Waals surface area contributed by atoms with Crippen molar-refractivity contribution in [3.05, 3.63) is 29.8 Å². The van der Waals surface area contributed by atoms with Crippen molar-refractivity contribution < 1.29 is 24.1 Å². The fourth-order valence-corrected chi connectivity index (χ4v) is 1.06. The molecule has 1 rings (SSSR count). The molecule has 1 atom stereocenters. The number of carbonyl (C=O) groups is 1. The van der Waals surface area contributed by atoms with Gasteiger partial charge >= 0.3 is 5.97 Å². The summed E-state index contributed by atoms with van der Waals surface area (Å²) in [5.41, 5.74) is 0.164. The minimum atomic E-state index is -1.67. The summed E-state index contributed by atoms with van der Waals surface area (Å²) < 4.78 is 16.4. The summed E-state index contributed by atoms with van der Waals surface area (Å²) >= 11 is 0. The monoisotopic (exact) mass is 200 g/mol. The number of hydrogen-bond acceptors (Lipinski definition) is 4.